The first-order valence-electron chi connectivity index (χ1n) is 8.98. The fraction of sp³-hybridized carbons (Fsp3) is 0.250. The third-order valence-electron chi connectivity index (χ3n) is 3.97. The van der Waals surface area contributed by atoms with E-state index in [9.17, 15) is 22.0 Å². The van der Waals surface area contributed by atoms with Gasteiger partial charge in [0.2, 0.25) is 15.9 Å². The van der Waals surface area contributed by atoms with Gasteiger partial charge in [0.15, 0.2) is 11.5 Å². The molecule has 0 saturated carbocycles. The van der Waals surface area contributed by atoms with Crippen molar-refractivity contribution in [3.05, 3.63) is 48.0 Å². The van der Waals surface area contributed by atoms with Crippen molar-refractivity contribution in [2.24, 2.45) is 0 Å². The molecule has 168 valence electrons. The molecular weight excluding hydrogens is 434 g/mol. The number of carbonyl (C=O) groups is 1. The molecule has 31 heavy (non-hydrogen) atoms. The number of nitrogens with one attached hydrogen (secondary N) is 2. The molecule has 0 fully saturated rings. The lowest BCUT2D eigenvalue weighted by Gasteiger charge is -2.13. The number of ether oxygens (including phenoxy) is 3. The molecule has 8 nitrogen and oxygen atoms in total. The molecule has 0 radical (unpaired) electrons. The van der Waals surface area contributed by atoms with Gasteiger partial charge in [0.05, 0.1) is 25.7 Å². The number of alkyl halides is 2. The van der Waals surface area contributed by atoms with Crippen molar-refractivity contribution in [2.45, 2.75) is 13.5 Å². The molecule has 1 amide bonds. The molecule has 0 heterocycles. The molecule has 2 rings (SSSR count). The smallest absolute Gasteiger partial charge is 0.387 e. The van der Waals surface area contributed by atoms with Crippen LogP contribution >= 0.6 is 0 Å². The summed E-state index contributed by atoms with van der Waals surface area (Å²) in [6.07, 6.45) is 2.43. The SMILES string of the molecule is CCS(=O)(=O)Nc1ccc(NC(=O)/C=C/c2cccc(OC)c2OC(F)F)cc1OC. The summed E-state index contributed by atoms with van der Waals surface area (Å²) in [7, 11) is -0.833. The van der Waals surface area contributed by atoms with Gasteiger partial charge in [-0.25, -0.2) is 8.42 Å². The minimum absolute atomic E-state index is 0.0951. The summed E-state index contributed by atoms with van der Waals surface area (Å²) in [5, 5.41) is 2.58. The molecule has 2 aromatic rings. The van der Waals surface area contributed by atoms with Crippen LogP contribution < -0.4 is 24.2 Å². The molecule has 2 N–H and O–H groups in total. The predicted molar refractivity (Wildman–Crippen MR) is 113 cm³/mol. The summed E-state index contributed by atoms with van der Waals surface area (Å²) in [4.78, 5) is 12.3. The van der Waals surface area contributed by atoms with Gasteiger partial charge < -0.3 is 19.5 Å². The Bertz CT molecular complexity index is 1060. The van der Waals surface area contributed by atoms with Crippen LogP contribution in [0.5, 0.6) is 17.2 Å². The summed E-state index contributed by atoms with van der Waals surface area (Å²) < 4.78 is 65.9. The van der Waals surface area contributed by atoms with E-state index < -0.39 is 22.5 Å². The number of rotatable bonds is 10. The van der Waals surface area contributed by atoms with E-state index in [1.54, 1.807) is 6.07 Å². The molecule has 0 bridgehead atoms. The first-order valence-corrected chi connectivity index (χ1v) is 10.6. The summed E-state index contributed by atoms with van der Waals surface area (Å²) >= 11 is 0. The second-order valence-corrected chi connectivity index (χ2v) is 8.01. The highest BCUT2D eigenvalue weighted by atomic mass is 32.2. The van der Waals surface area contributed by atoms with Crippen LogP contribution in [-0.4, -0.2) is 40.9 Å². The predicted octanol–water partition coefficient (Wildman–Crippen LogP) is 3.72. The Hall–Kier alpha value is -3.34. The van der Waals surface area contributed by atoms with Crippen molar-refractivity contribution >= 4 is 33.4 Å². The standard InChI is InChI=1S/C20H22F2N2O6S/c1-4-31(26,27)24-15-10-9-14(12-17(15)29-3)23-18(25)11-8-13-6-5-7-16(28-2)19(13)30-20(21)22/h5-12,20,24H,4H2,1-3H3,(H,23,25)/b11-8+. The Balaban J connectivity index is 2.19. The highest BCUT2D eigenvalue weighted by Gasteiger charge is 2.15. The van der Waals surface area contributed by atoms with E-state index in [0.29, 0.717) is 5.69 Å². The van der Waals surface area contributed by atoms with Gasteiger partial charge in [-0.1, -0.05) is 12.1 Å². The van der Waals surface area contributed by atoms with Crippen LogP contribution in [0.25, 0.3) is 6.08 Å². The van der Waals surface area contributed by atoms with Crippen LogP contribution in [0.2, 0.25) is 0 Å². The molecule has 0 atom stereocenters. The number of para-hydroxylation sites is 1. The third-order valence-corrected chi connectivity index (χ3v) is 5.26. The van der Waals surface area contributed by atoms with E-state index >= 15 is 0 Å². The van der Waals surface area contributed by atoms with Crippen molar-refractivity contribution < 1.29 is 36.2 Å². The van der Waals surface area contributed by atoms with E-state index in [0.717, 1.165) is 6.08 Å². The van der Waals surface area contributed by atoms with E-state index in [2.05, 4.69) is 14.8 Å². The Kier molecular flexibility index (Phi) is 8.20. The average Bonchev–Trinajstić information content (AvgIpc) is 2.73. The van der Waals surface area contributed by atoms with E-state index in [1.807, 2.05) is 0 Å². The Morgan fingerprint density at radius 2 is 1.84 bits per heavy atom. The monoisotopic (exact) mass is 456 g/mol. The first-order chi connectivity index (χ1) is 14.7. The Labute approximate surface area is 178 Å². The zero-order valence-electron chi connectivity index (χ0n) is 17.0. The molecule has 0 aliphatic rings. The lowest BCUT2D eigenvalue weighted by molar-refractivity contribution is -0.111. The van der Waals surface area contributed by atoms with Crippen LogP contribution in [0.1, 0.15) is 12.5 Å². The zero-order valence-corrected chi connectivity index (χ0v) is 17.8. The number of benzene rings is 2. The van der Waals surface area contributed by atoms with Crippen molar-refractivity contribution in [1.82, 2.24) is 0 Å². The number of halogens is 2. The van der Waals surface area contributed by atoms with Gasteiger partial charge in [0, 0.05) is 23.4 Å². The summed E-state index contributed by atoms with van der Waals surface area (Å²) in [6.45, 7) is -1.57. The maximum atomic E-state index is 12.7. The van der Waals surface area contributed by atoms with E-state index in [4.69, 9.17) is 9.47 Å². The van der Waals surface area contributed by atoms with Crippen LogP contribution in [0.3, 0.4) is 0 Å². The molecule has 0 aliphatic carbocycles. The number of hydrogen-bond acceptors (Lipinski definition) is 6. The lowest BCUT2D eigenvalue weighted by atomic mass is 10.1. The van der Waals surface area contributed by atoms with Gasteiger partial charge in [-0.15, -0.1) is 0 Å². The van der Waals surface area contributed by atoms with Crippen molar-refractivity contribution in [3.8, 4) is 17.2 Å². The first kappa shape index (κ1) is 23.9. The maximum Gasteiger partial charge on any atom is 0.387 e. The second kappa shape index (κ2) is 10.6. The Morgan fingerprint density at radius 1 is 1.13 bits per heavy atom. The van der Waals surface area contributed by atoms with Gasteiger partial charge in [-0.2, -0.15) is 8.78 Å². The van der Waals surface area contributed by atoms with Crippen LogP contribution in [-0.2, 0) is 14.8 Å². The molecule has 0 spiro atoms. The molecule has 2 aromatic carbocycles. The fourth-order valence-corrected chi connectivity index (χ4v) is 3.13. The molecule has 0 saturated heterocycles. The zero-order chi connectivity index (χ0) is 23.0. The highest BCUT2D eigenvalue weighted by Crippen LogP contribution is 2.33. The second-order valence-electron chi connectivity index (χ2n) is 6.00. The minimum atomic E-state index is -3.50. The number of methoxy groups -OCH3 is 2. The van der Waals surface area contributed by atoms with Crippen LogP contribution in [0.4, 0.5) is 20.2 Å². The van der Waals surface area contributed by atoms with Crippen LogP contribution in [0, 0.1) is 0 Å². The lowest BCUT2D eigenvalue weighted by Crippen LogP contribution is -2.15. The van der Waals surface area contributed by atoms with E-state index in [-0.39, 0.29) is 34.3 Å². The topological polar surface area (TPSA) is 103 Å². The summed E-state index contributed by atoms with van der Waals surface area (Å²) in [5.41, 5.74) is 0.778. The maximum absolute atomic E-state index is 12.7. The third kappa shape index (κ3) is 6.85. The summed E-state index contributed by atoms with van der Waals surface area (Å²) in [6, 6.07) is 8.88. The minimum Gasteiger partial charge on any atom is -0.494 e. The molecule has 11 heteroatoms. The van der Waals surface area contributed by atoms with Crippen molar-refractivity contribution in [3.63, 3.8) is 0 Å². The van der Waals surface area contributed by atoms with Crippen molar-refractivity contribution in [2.75, 3.05) is 30.0 Å². The number of amides is 1. The molecule has 0 aromatic heterocycles. The number of hydrogen-bond donors (Lipinski definition) is 2. The van der Waals surface area contributed by atoms with E-state index in [1.165, 1.54) is 57.6 Å². The van der Waals surface area contributed by atoms with Gasteiger partial charge in [0.25, 0.3) is 0 Å². The molecular formula is C20H22F2N2O6S. The van der Waals surface area contributed by atoms with Crippen LogP contribution in [0.15, 0.2) is 42.5 Å². The highest BCUT2D eigenvalue weighted by molar-refractivity contribution is 7.92. The summed E-state index contributed by atoms with van der Waals surface area (Å²) in [5.74, 6) is -0.564. The fourth-order valence-electron chi connectivity index (χ4n) is 2.48. The number of carbonyl (C=O) groups excluding carboxylic acids is 1. The van der Waals surface area contributed by atoms with Gasteiger partial charge in [-0.05, 0) is 31.2 Å². The molecule has 0 aliphatic heterocycles. The normalized spacial score (nSPS) is 11.4. The largest absolute Gasteiger partial charge is 0.494 e. The van der Waals surface area contributed by atoms with Gasteiger partial charge >= 0.3 is 6.61 Å². The van der Waals surface area contributed by atoms with Gasteiger partial charge in [-0.3, -0.25) is 9.52 Å². The quantitative estimate of drug-likeness (QED) is 0.529. The van der Waals surface area contributed by atoms with Gasteiger partial charge in [0.1, 0.15) is 5.75 Å². The number of sulfonamides is 1. The Morgan fingerprint density at radius 3 is 2.45 bits per heavy atom. The molecule has 0 unspecified atom stereocenters. The average molecular weight is 456 g/mol. The van der Waals surface area contributed by atoms with Crippen molar-refractivity contribution in [1.29, 1.82) is 0 Å². The number of anilines is 2.